The Bertz CT molecular complexity index is 621. The minimum atomic E-state index is -2.87. The summed E-state index contributed by atoms with van der Waals surface area (Å²) in [6.45, 7) is -3.00. The molecule has 2 N–H and O–H groups in total. The molecule has 9 heteroatoms. The van der Waals surface area contributed by atoms with Gasteiger partial charge in [0.15, 0.2) is 6.61 Å². The number of carbonyl (C=O) groups excluding carboxylic acids is 3. The van der Waals surface area contributed by atoms with Crippen molar-refractivity contribution in [2.45, 2.75) is 31.9 Å². The highest BCUT2D eigenvalue weighted by molar-refractivity contribution is 5.89. The molecule has 0 radical (unpaired) electrons. The summed E-state index contributed by atoms with van der Waals surface area (Å²) in [6.07, 6.45) is 1.12. The zero-order valence-corrected chi connectivity index (χ0v) is 13.3. The largest absolute Gasteiger partial charge is 0.454 e. The second kappa shape index (κ2) is 8.95. The number of amides is 2. The lowest BCUT2D eigenvalue weighted by atomic mass is 10.1. The Balaban J connectivity index is 1.63. The number of benzene rings is 1. The van der Waals surface area contributed by atoms with Gasteiger partial charge in [0.2, 0.25) is 5.91 Å². The van der Waals surface area contributed by atoms with Gasteiger partial charge in [0.05, 0.1) is 0 Å². The van der Waals surface area contributed by atoms with Crippen molar-refractivity contribution in [3.05, 3.63) is 29.8 Å². The lowest BCUT2D eigenvalue weighted by Gasteiger charge is -2.10. The summed E-state index contributed by atoms with van der Waals surface area (Å²) in [6, 6.07) is 5.38. The van der Waals surface area contributed by atoms with Crippen LogP contribution in [0, 0.1) is 0 Å². The predicted octanol–water partition coefficient (Wildman–Crippen LogP) is 0.768. The smallest absolute Gasteiger partial charge is 0.387 e. The van der Waals surface area contributed by atoms with Crippen molar-refractivity contribution in [3.8, 4) is 5.75 Å². The van der Waals surface area contributed by atoms with Crippen LogP contribution in [0.5, 0.6) is 5.75 Å². The van der Waals surface area contributed by atoms with Crippen molar-refractivity contribution in [2.75, 3.05) is 13.2 Å². The Labute approximate surface area is 142 Å². The number of carbonyl (C=O) groups is 3. The van der Waals surface area contributed by atoms with E-state index in [0.717, 1.165) is 5.56 Å². The number of nitrogens with one attached hydrogen (secondary N) is 2. The van der Waals surface area contributed by atoms with Gasteiger partial charge in [-0.25, -0.2) is 4.79 Å². The van der Waals surface area contributed by atoms with Crippen LogP contribution in [0.2, 0.25) is 0 Å². The third-order valence-electron chi connectivity index (χ3n) is 3.51. The fourth-order valence-electron chi connectivity index (χ4n) is 2.26. The van der Waals surface area contributed by atoms with Crippen LogP contribution in [0.15, 0.2) is 24.3 Å². The Morgan fingerprint density at radius 3 is 2.60 bits per heavy atom. The quantitative estimate of drug-likeness (QED) is 0.671. The molecule has 136 valence electrons. The first-order chi connectivity index (χ1) is 11.9. The van der Waals surface area contributed by atoms with Gasteiger partial charge in [-0.2, -0.15) is 8.78 Å². The molecule has 1 aromatic carbocycles. The van der Waals surface area contributed by atoms with Crippen molar-refractivity contribution < 1.29 is 32.6 Å². The van der Waals surface area contributed by atoms with E-state index < -0.39 is 31.1 Å². The minimum absolute atomic E-state index is 0.0636. The third-order valence-corrected chi connectivity index (χ3v) is 3.51. The molecule has 0 spiro atoms. The Morgan fingerprint density at radius 1 is 1.28 bits per heavy atom. The molecule has 1 saturated heterocycles. The Kier molecular flexibility index (Phi) is 6.67. The summed E-state index contributed by atoms with van der Waals surface area (Å²) in [5, 5.41) is 5.03. The van der Waals surface area contributed by atoms with Crippen LogP contribution >= 0.6 is 0 Å². The second-order valence-corrected chi connectivity index (χ2v) is 5.39. The van der Waals surface area contributed by atoms with E-state index in [-0.39, 0.29) is 18.1 Å². The van der Waals surface area contributed by atoms with Crippen molar-refractivity contribution in [1.82, 2.24) is 10.6 Å². The van der Waals surface area contributed by atoms with Crippen LogP contribution in [-0.4, -0.2) is 43.6 Å². The lowest BCUT2D eigenvalue weighted by Crippen LogP contribution is -2.37. The Hall–Kier alpha value is -2.71. The van der Waals surface area contributed by atoms with E-state index in [0.29, 0.717) is 19.4 Å². The summed E-state index contributed by atoms with van der Waals surface area (Å²) in [5.41, 5.74) is 0.826. The normalized spacial score (nSPS) is 16.4. The first-order valence-electron chi connectivity index (χ1n) is 7.70. The average Bonchev–Trinajstić information content (AvgIpc) is 3.00. The molecule has 1 aliphatic rings. The summed E-state index contributed by atoms with van der Waals surface area (Å²) >= 11 is 0. The van der Waals surface area contributed by atoms with Crippen LogP contribution in [0.3, 0.4) is 0 Å². The number of alkyl halides is 2. The molecule has 0 aromatic heterocycles. The molecule has 1 aliphatic heterocycles. The summed E-state index contributed by atoms with van der Waals surface area (Å²) in [4.78, 5) is 34.2. The maximum Gasteiger partial charge on any atom is 0.387 e. The monoisotopic (exact) mass is 356 g/mol. The zero-order chi connectivity index (χ0) is 18.2. The van der Waals surface area contributed by atoms with Gasteiger partial charge >= 0.3 is 12.6 Å². The molecule has 0 unspecified atom stereocenters. The number of rotatable bonds is 8. The molecular formula is C16H18F2N2O5. The highest BCUT2D eigenvalue weighted by Crippen LogP contribution is 2.15. The van der Waals surface area contributed by atoms with E-state index in [9.17, 15) is 23.2 Å². The zero-order valence-electron chi connectivity index (χ0n) is 13.3. The van der Waals surface area contributed by atoms with Gasteiger partial charge in [-0.15, -0.1) is 0 Å². The fourth-order valence-corrected chi connectivity index (χ4v) is 2.26. The van der Waals surface area contributed by atoms with E-state index in [1.807, 2.05) is 0 Å². The fraction of sp³-hybridized carbons (Fsp3) is 0.438. The van der Waals surface area contributed by atoms with Gasteiger partial charge in [0.1, 0.15) is 11.8 Å². The van der Waals surface area contributed by atoms with E-state index in [1.54, 1.807) is 12.1 Å². The Morgan fingerprint density at radius 2 is 2.00 bits per heavy atom. The molecule has 2 amide bonds. The highest BCUT2D eigenvalue weighted by atomic mass is 19.3. The van der Waals surface area contributed by atoms with Crippen molar-refractivity contribution in [2.24, 2.45) is 0 Å². The van der Waals surface area contributed by atoms with Gasteiger partial charge < -0.3 is 20.1 Å². The number of ether oxygens (including phenoxy) is 2. The van der Waals surface area contributed by atoms with Crippen molar-refractivity contribution in [3.63, 3.8) is 0 Å². The van der Waals surface area contributed by atoms with Crippen molar-refractivity contribution >= 4 is 17.8 Å². The number of hydrogen-bond donors (Lipinski definition) is 2. The van der Waals surface area contributed by atoms with Crippen LogP contribution in [0.4, 0.5) is 8.78 Å². The summed E-state index contributed by atoms with van der Waals surface area (Å²) in [5.74, 6) is -1.24. The van der Waals surface area contributed by atoms with Gasteiger partial charge in [0, 0.05) is 13.0 Å². The predicted molar refractivity (Wildman–Crippen MR) is 81.9 cm³/mol. The van der Waals surface area contributed by atoms with E-state index in [2.05, 4.69) is 15.4 Å². The van der Waals surface area contributed by atoms with Crippen molar-refractivity contribution in [1.29, 1.82) is 0 Å². The standard InChI is InChI=1S/C16H18F2N2O5/c17-16(18)25-11-3-1-10(2-4-11)7-8-19-14(22)9-24-15(23)12-5-6-13(21)20-12/h1-4,12,16H,5-9H2,(H,19,22)(H,20,21)/t12-/m0/s1. The van der Waals surface area contributed by atoms with E-state index in [1.165, 1.54) is 12.1 Å². The topological polar surface area (TPSA) is 93.7 Å². The molecule has 1 aromatic rings. The first kappa shape index (κ1) is 18.6. The lowest BCUT2D eigenvalue weighted by molar-refractivity contribution is -0.150. The minimum Gasteiger partial charge on any atom is -0.454 e. The van der Waals surface area contributed by atoms with E-state index >= 15 is 0 Å². The molecule has 25 heavy (non-hydrogen) atoms. The summed E-state index contributed by atoms with van der Waals surface area (Å²) in [7, 11) is 0. The van der Waals surface area contributed by atoms with Crippen LogP contribution in [-0.2, 0) is 25.5 Å². The molecule has 2 rings (SSSR count). The van der Waals surface area contributed by atoms with Crippen LogP contribution in [0.25, 0.3) is 0 Å². The SMILES string of the molecule is O=C(COC(=O)[C@@H]1CCC(=O)N1)NCCc1ccc(OC(F)F)cc1. The molecular weight excluding hydrogens is 338 g/mol. The maximum atomic E-state index is 12.0. The molecule has 7 nitrogen and oxygen atoms in total. The van der Waals surface area contributed by atoms with Gasteiger partial charge in [-0.1, -0.05) is 12.1 Å². The summed E-state index contributed by atoms with van der Waals surface area (Å²) < 4.78 is 33.1. The van der Waals surface area contributed by atoms with E-state index in [4.69, 9.17) is 4.74 Å². The van der Waals surface area contributed by atoms with Gasteiger partial charge in [0.25, 0.3) is 5.91 Å². The molecule has 0 saturated carbocycles. The molecule has 1 atom stereocenters. The molecule has 0 bridgehead atoms. The molecule has 1 fully saturated rings. The number of hydrogen-bond acceptors (Lipinski definition) is 5. The number of esters is 1. The molecule has 0 aliphatic carbocycles. The highest BCUT2D eigenvalue weighted by Gasteiger charge is 2.28. The maximum absolute atomic E-state index is 12.0. The average molecular weight is 356 g/mol. The van der Waals surface area contributed by atoms with Gasteiger partial charge in [-0.05, 0) is 30.5 Å². The van der Waals surface area contributed by atoms with Crippen LogP contribution in [0.1, 0.15) is 18.4 Å². The first-order valence-corrected chi connectivity index (χ1v) is 7.70. The van der Waals surface area contributed by atoms with Gasteiger partial charge in [-0.3, -0.25) is 9.59 Å². The third kappa shape index (κ3) is 6.36. The second-order valence-electron chi connectivity index (χ2n) is 5.39. The van der Waals surface area contributed by atoms with Crippen LogP contribution < -0.4 is 15.4 Å². The molecule has 1 heterocycles. The number of halogens is 2.